The molecule has 25 heavy (non-hydrogen) atoms. The van der Waals surface area contributed by atoms with Crippen molar-refractivity contribution in [3.8, 4) is 5.75 Å². The molecule has 2 aromatic rings. The highest BCUT2D eigenvalue weighted by Gasteiger charge is 2.28. The SMILES string of the molecule is COc1ccc(CNC2CCc3onc(C(=O)NC(C)C)c3C2)cc1. The van der Waals surface area contributed by atoms with Crippen molar-refractivity contribution in [2.24, 2.45) is 0 Å². The highest BCUT2D eigenvalue weighted by atomic mass is 16.5. The standard InChI is InChI=1S/C19H25N3O3/c1-12(2)21-19(23)18-16-10-14(6-9-17(16)25-22-18)20-11-13-4-7-15(24-3)8-5-13/h4-5,7-8,12,14,20H,6,9-11H2,1-3H3,(H,21,23). The number of aromatic nitrogens is 1. The van der Waals surface area contributed by atoms with Gasteiger partial charge in [-0.25, -0.2) is 0 Å². The second kappa shape index (κ2) is 7.70. The highest BCUT2D eigenvalue weighted by molar-refractivity contribution is 5.94. The fourth-order valence-corrected chi connectivity index (χ4v) is 3.09. The third-order valence-corrected chi connectivity index (χ3v) is 4.43. The summed E-state index contributed by atoms with van der Waals surface area (Å²) in [5.74, 6) is 1.54. The Kier molecular flexibility index (Phi) is 5.38. The molecule has 0 spiro atoms. The van der Waals surface area contributed by atoms with Crippen LogP contribution in [0.3, 0.4) is 0 Å². The summed E-state index contributed by atoms with van der Waals surface area (Å²) in [6.07, 6.45) is 2.54. The molecule has 0 aliphatic heterocycles. The molecule has 1 heterocycles. The molecule has 1 aromatic heterocycles. The second-order valence-electron chi connectivity index (χ2n) is 6.73. The van der Waals surface area contributed by atoms with Gasteiger partial charge in [-0.1, -0.05) is 17.3 Å². The average molecular weight is 343 g/mol. The molecule has 3 rings (SSSR count). The van der Waals surface area contributed by atoms with Gasteiger partial charge in [0.2, 0.25) is 0 Å². The molecule has 0 bridgehead atoms. The van der Waals surface area contributed by atoms with E-state index in [2.05, 4.69) is 27.9 Å². The molecule has 0 fully saturated rings. The lowest BCUT2D eigenvalue weighted by molar-refractivity contribution is 0.0933. The summed E-state index contributed by atoms with van der Waals surface area (Å²) >= 11 is 0. The first-order valence-electron chi connectivity index (χ1n) is 8.71. The lowest BCUT2D eigenvalue weighted by Crippen LogP contribution is -2.36. The molecule has 1 aromatic carbocycles. The van der Waals surface area contributed by atoms with Crippen molar-refractivity contribution in [2.75, 3.05) is 7.11 Å². The maximum absolute atomic E-state index is 12.3. The lowest BCUT2D eigenvalue weighted by atomic mass is 9.91. The minimum Gasteiger partial charge on any atom is -0.497 e. The first-order valence-corrected chi connectivity index (χ1v) is 8.71. The number of fused-ring (bicyclic) bond motifs is 1. The number of hydrogen-bond acceptors (Lipinski definition) is 5. The molecule has 1 unspecified atom stereocenters. The van der Waals surface area contributed by atoms with Gasteiger partial charge in [0.25, 0.3) is 5.91 Å². The fourth-order valence-electron chi connectivity index (χ4n) is 3.09. The van der Waals surface area contributed by atoms with Gasteiger partial charge >= 0.3 is 0 Å². The summed E-state index contributed by atoms with van der Waals surface area (Å²) in [4.78, 5) is 12.3. The van der Waals surface area contributed by atoms with E-state index in [-0.39, 0.29) is 11.9 Å². The molecule has 6 nitrogen and oxygen atoms in total. The second-order valence-corrected chi connectivity index (χ2v) is 6.73. The zero-order chi connectivity index (χ0) is 17.8. The van der Waals surface area contributed by atoms with Gasteiger partial charge in [0, 0.05) is 30.6 Å². The summed E-state index contributed by atoms with van der Waals surface area (Å²) < 4.78 is 10.6. The molecular weight excluding hydrogens is 318 g/mol. The molecule has 1 aliphatic carbocycles. The third-order valence-electron chi connectivity index (χ3n) is 4.43. The number of carbonyl (C=O) groups excluding carboxylic acids is 1. The highest BCUT2D eigenvalue weighted by Crippen LogP contribution is 2.25. The van der Waals surface area contributed by atoms with Gasteiger partial charge in [0.1, 0.15) is 11.5 Å². The minimum atomic E-state index is -0.157. The Balaban J connectivity index is 1.62. The van der Waals surface area contributed by atoms with Gasteiger partial charge < -0.3 is 19.9 Å². The van der Waals surface area contributed by atoms with Crippen LogP contribution in [0, 0.1) is 0 Å². The van der Waals surface area contributed by atoms with E-state index in [0.717, 1.165) is 42.9 Å². The first-order chi connectivity index (χ1) is 12.1. The Morgan fingerprint density at radius 3 is 2.80 bits per heavy atom. The Morgan fingerprint density at radius 1 is 1.36 bits per heavy atom. The van der Waals surface area contributed by atoms with Gasteiger partial charge in [-0.3, -0.25) is 4.79 Å². The number of nitrogens with zero attached hydrogens (tertiary/aromatic N) is 1. The van der Waals surface area contributed by atoms with E-state index < -0.39 is 0 Å². The Hall–Kier alpha value is -2.34. The fraction of sp³-hybridized carbons (Fsp3) is 0.474. The van der Waals surface area contributed by atoms with Crippen molar-refractivity contribution in [3.63, 3.8) is 0 Å². The smallest absolute Gasteiger partial charge is 0.273 e. The molecule has 0 radical (unpaired) electrons. The normalized spacial score (nSPS) is 16.6. The Bertz CT molecular complexity index is 722. The molecule has 6 heteroatoms. The van der Waals surface area contributed by atoms with Crippen LogP contribution in [0.15, 0.2) is 28.8 Å². The van der Waals surface area contributed by atoms with Gasteiger partial charge in [0.15, 0.2) is 5.69 Å². The largest absolute Gasteiger partial charge is 0.497 e. The van der Waals surface area contributed by atoms with Crippen molar-refractivity contribution in [3.05, 3.63) is 46.8 Å². The van der Waals surface area contributed by atoms with Crippen molar-refractivity contribution in [1.82, 2.24) is 15.8 Å². The van der Waals surface area contributed by atoms with Crippen LogP contribution in [0.5, 0.6) is 5.75 Å². The predicted octanol–water partition coefficient (Wildman–Crippen LogP) is 2.47. The van der Waals surface area contributed by atoms with Gasteiger partial charge in [-0.05, 0) is 44.4 Å². The quantitative estimate of drug-likeness (QED) is 0.843. The van der Waals surface area contributed by atoms with E-state index in [1.54, 1.807) is 7.11 Å². The van der Waals surface area contributed by atoms with Crippen LogP contribution in [0.4, 0.5) is 0 Å². The number of carbonyl (C=O) groups is 1. The maximum atomic E-state index is 12.3. The average Bonchev–Trinajstić information content (AvgIpc) is 3.03. The number of aryl methyl sites for hydroxylation is 1. The molecule has 1 aliphatic rings. The summed E-state index contributed by atoms with van der Waals surface area (Å²) in [5.41, 5.74) is 2.57. The first kappa shape index (κ1) is 17.5. The number of methoxy groups -OCH3 is 1. The van der Waals surface area contributed by atoms with Crippen LogP contribution in [-0.2, 0) is 19.4 Å². The van der Waals surface area contributed by atoms with E-state index in [4.69, 9.17) is 9.26 Å². The Labute approximate surface area is 147 Å². The van der Waals surface area contributed by atoms with Crippen molar-refractivity contribution < 1.29 is 14.1 Å². The van der Waals surface area contributed by atoms with Gasteiger partial charge in [-0.15, -0.1) is 0 Å². The summed E-state index contributed by atoms with van der Waals surface area (Å²) in [6, 6.07) is 8.42. The Morgan fingerprint density at radius 2 is 2.12 bits per heavy atom. The summed E-state index contributed by atoms with van der Waals surface area (Å²) in [7, 11) is 1.67. The van der Waals surface area contributed by atoms with Crippen molar-refractivity contribution in [2.45, 2.75) is 51.7 Å². The minimum absolute atomic E-state index is 0.0763. The molecule has 1 atom stereocenters. The molecule has 1 amide bonds. The van der Waals surface area contributed by atoms with Crippen LogP contribution in [0.25, 0.3) is 0 Å². The van der Waals surface area contributed by atoms with Crippen LogP contribution >= 0.6 is 0 Å². The predicted molar refractivity (Wildman–Crippen MR) is 94.8 cm³/mol. The van der Waals surface area contributed by atoms with E-state index in [1.807, 2.05) is 26.0 Å². The van der Waals surface area contributed by atoms with Crippen LogP contribution < -0.4 is 15.4 Å². The van der Waals surface area contributed by atoms with Crippen molar-refractivity contribution in [1.29, 1.82) is 0 Å². The number of hydrogen-bond donors (Lipinski definition) is 2. The van der Waals surface area contributed by atoms with Crippen LogP contribution in [0.1, 0.15) is 47.6 Å². The van der Waals surface area contributed by atoms with Crippen molar-refractivity contribution >= 4 is 5.91 Å². The topological polar surface area (TPSA) is 76.4 Å². The zero-order valence-corrected chi connectivity index (χ0v) is 15.0. The van der Waals surface area contributed by atoms with E-state index >= 15 is 0 Å². The van der Waals surface area contributed by atoms with E-state index in [9.17, 15) is 4.79 Å². The number of nitrogens with one attached hydrogen (secondary N) is 2. The summed E-state index contributed by atoms with van der Waals surface area (Å²) in [6.45, 7) is 4.65. The maximum Gasteiger partial charge on any atom is 0.273 e. The zero-order valence-electron chi connectivity index (χ0n) is 15.0. The number of amides is 1. The molecule has 2 N–H and O–H groups in total. The van der Waals surface area contributed by atoms with E-state index in [0.29, 0.717) is 11.7 Å². The molecule has 0 saturated heterocycles. The number of ether oxygens (including phenoxy) is 1. The van der Waals surface area contributed by atoms with Crippen LogP contribution in [-0.4, -0.2) is 30.3 Å². The molecule has 134 valence electrons. The monoisotopic (exact) mass is 343 g/mol. The van der Waals surface area contributed by atoms with Gasteiger partial charge in [0.05, 0.1) is 7.11 Å². The molecule has 0 saturated carbocycles. The van der Waals surface area contributed by atoms with Gasteiger partial charge in [-0.2, -0.15) is 0 Å². The lowest BCUT2D eigenvalue weighted by Gasteiger charge is -2.22. The van der Waals surface area contributed by atoms with E-state index in [1.165, 1.54) is 5.56 Å². The summed E-state index contributed by atoms with van der Waals surface area (Å²) in [5, 5.41) is 10.4. The van der Waals surface area contributed by atoms with Crippen LogP contribution in [0.2, 0.25) is 0 Å². The third kappa shape index (κ3) is 4.20. The number of rotatable bonds is 6. The number of benzene rings is 1. The molecular formula is C19H25N3O3.